The Kier molecular flexibility index (Phi) is 2.70. The Morgan fingerprint density at radius 1 is 1.45 bits per heavy atom. The summed E-state index contributed by atoms with van der Waals surface area (Å²) in [4.78, 5) is 21.4. The van der Waals surface area contributed by atoms with E-state index in [0.29, 0.717) is 12.3 Å². The average molecular weight is 177 g/mol. The Balaban J connectivity index is 2.34. The minimum Gasteiger partial charge on any atom is -0.326 e. The number of amides is 3. The number of carbonyl (C=O) groups excluding carboxylic acids is 2. The maximum absolute atomic E-state index is 10.9. The zero-order chi connectivity index (χ0) is 8.27. The van der Waals surface area contributed by atoms with Crippen molar-refractivity contribution in [3.05, 3.63) is 0 Å². The molecule has 0 spiro atoms. The van der Waals surface area contributed by atoms with Crippen LogP contribution < -0.4 is 10.6 Å². The van der Waals surface area contributed by atoms with E-state index in [4.69, 9.17) is 11.6 Å². The zero-order valence-corrected chi connectivity index (χ0v) is 6.65. The van der Waals surface area contributed by atoms with Crippen molar-refractivity contribution in [2.45, 2.75) is 18.9 Å². The van der Waals surface area contributed by atoms with Crippen LogP contribution in [0.25, 0.3) is 0 Å². The molecular formula is C6H9ClN2O2. The lowest BCUT2D eigenvalue weighted by Gasteiger charge is -2.03. The van der Waals surface area contributed by atoms with Gasteiger partial charge < -0.3 is 5.32 Å². The fourth-order valence-corrected chi connectivity index (χ4v) is 1.10. The molecule has 4 nitrogen and oxygen atoms in total. The van der Waals surface area contributed by atoms with Gasteiger partial charge in [-0.05, 0) is 12.8 Å². The molecule has 2 N–H and O–H groups in total. The normalized spacial score (nSPS) is 23.2. The third kappa shape index (κ3) is 2.08. The highest BCUT2D eigenvalue weighted by Gasteiger charge is 2.28. The van der Waals surface area contributed by atoms with E-state index in [2.05, 4.69) is 10.6 Å². The van der Waals surface area contributed by atoms with E-state index in [9.17, 15) is 9.59 Å². The van der Waals surface area contributed by atoms with Crippen molar-refractivity contribution in [2.75, 3.05) is 5.88 Å². The SMILES string of the molecule is O=C1NC(=O)C(CCCCl)N1. The molecular weight excluding hydrogens is 168 g/mol. The van der Waals surface area contributed by atoms with Gasteiger partial charge in [-0.1, -0.05) is 0 Å². The van der Waals surface area contributed by atoms with Crippen molar-refractivity contribution in [2.24, 2.45) is 0 Å². The van der Waals surface area contributed by atoms with Crippen molar-refractivity contribution in [3.8, 4) is 0 Å². The minimum absolute atomic E-state index is 0.250. The molecule has 62 valence electrons. The molecule has 0 saturated carbocycles. The summed E-state index contributed by atoms with van der Waals surface area (Å²) in [7, 11) is 0. The highest BCUT2D eigenvalue weighted by Crippen LogP contribution is 2.02. The molecule has 0 aliphatic carbocycles. The average Bonchev–Trinajstić information content (AvgIpc) is 2.26. The Bertz CT molecular complexity index is 183. The molecule has 3 amide bonds. The van der Waals surface area contributed by atoms with Gasteiger partial charge in [0.25, 0.3) is 5.91 Å². The lowest BCUT2D eigenvalue weighted by Crippen LogP contribution is -2.28. The monoisotopic (exact) mass is 176 g/mol. The van der Waals surface area contributed by atoms with E-state index in [1.54, 1.807) is 0 Å². The van der Waals surface area contributed by atoms with Gasteiger partial charge >= 0.3 is 6.03 Å². The second-order valence-electron chi connectivity index (χ2n) is 2.35. The second-order valence-corrected chi connectivity index (χ2v) is 2.72. The number of carbonyl (C=O) groups is 2. The van der Waals surface area contributed by atoms with Crippen LogP contribution in [0, 0.1) is 0 Å². The molecule has 1 rings (SSSR count). The van der Waals surface area contributed by atoms with Crippen molar-refractivity contribution in [3.63, 3.8) is 0 Å². The molecule has 0 radical (unpaired) electrons. The number of rotatable bonds is 3. The Morgan fingerprint density at radius 2 is 2.18 bits per heavy atom. The molecule has 1 fully saturated rings. The Labute approximate surface area is 69.3 Å². The molecule has 0 aromatic carbocycles. The molecule has 1 aliphatic rings. The van der Waals surface area contributed by atoms with Crippen molar-refractivity contribution in [1.29, 1.82) is 0 Å². The highest BCUT2D eigenvalue weighted by molar-refractivity contribution is 6.17. The number of nitrogens with one attached hydrogen (secondary N) is 2. The molecule has 11 heavy (non-hydrogen) atoms. The maximum atomic E-state index is 10.9. The maximum Gasteiger partial charge on any atom is 0.322 e. The molecule has 1 saturated heterocycles. The number of imide groups is 1. The first-order valence-corrected chi connectivity index (χ1v) is 3.95. The quantitative estimate of drug-likeness (QED) is 0.477. The largest absolute Gasteiger partial charge is 0.326 e. The van der Waals surface area contributed by atoms with Gasteiger partial charge in [0.05, 0.1) is 0 Å². The van der Waals surface area contributed by atoms with Crippen LogP contribution in [0.3, 0.4) is 0 Å². The summed E-state index contributed by atoms with van der Waals surface area (Å²) in [6.07, 6.45) is 1.35. The summed E-state index contributed by atoms with van der Waals surface area (Å²) in [5.41, 5.74) is 0. The van der Waals surface area contributed by atoms with Gasteiger partial charge in [0.15, 0.2) is 0 Å². The molecule has 1 unspecified atom stereocenters. The topological polar surface area (TPSA) is 58.2 Å². The van der Waals surface area contributed by atoms with Crippen LogP contribution in [0.5, 0.6) is 0 Å². The first kappa shape index (κ1) is 8.33. The molecule has 0 aromatic heterocycles. The third-order valence-electron chi connectivity index (χ3n) is 1.48. The van der Waals surface area contributed by atoms with E-state index in [-0.39, 0.29) is 11.9 Å². The summed E-state index contributed by atoms with van der Waals surface area (Å²) in [6, 6.07) is -0.782. The van der Waals surface area contributed by atoms with E-state index >= 15 is 0 Å². The standard InChI is InChI=1S/C6H9ClN2O2/c7-3-1-2-4-5(10)9-6(11)8-4/h4H,1-3H2,(H2,8,9,10,11). The van der Waals surface area contributed by atoms with Crippen LogP contribution in [0.15, 0.2) is 0 Å². The van der Waals surface area contributed by atoms with Crippen molar-refractivity contribution < 1.29 is 9.59 Å². The first-order chi connectivity index (χ1) is 5.24. The lowest BCUT2D eigenvalue weighted by atomic mass is 10.2. The van der Waals surface area contributed by atoms with Crippen LogP contribution in [0.4, 0.5) is 4.79 Å². The molecule has 1 aliphatic heterocycles. The molecule has 0 aromatic rings. The van der Waals surface area contributed by atoms with E-state index < -0.39 is 6.03 Å². The summed E-state index contributed by atoms with van der Waals surface area (Å²) in [5.74, 6) is 0.264. The third-order valence-corrected chi connectivity index (χ3v) is 1.75. The predicted octanol–water partition coefficient (Wildman–Crippen LogP) is 0.213. The summed E-state index contributed by atoms with van der Waals surface area (Å²) in [6.45, 7) is 0. The van der Waals surface area contributed by atoms with Crippen LogP contribution in [0.1, 0.15) is 12.8 Å². The van der Waals surface area contributed by atoms with Gasteiger partial charge in [0, 0.05) is 5.88 Å². The van der Waals surface area contributed by atoms with Gasteiger partial charge in [0.2, 0.25) is 0 Å². The van der Waals surface area contributed by atoms with E-state index in [1.807, 2.05) is 0 Å². The summed E-state index contributed by atoms with van der Waals surface area (Å²) >= 11 is 5.42. The van der Waals surface area contributed by atoms with E-state index in [1.165, 1.54) is 0 Å². The summed E-state index contributed by atoms with van der Waals surface area (Å²) < 4.78 is 0. The van der Waals surface area contributed by atoms with Crippen LogP contribution in [0.2, 0.25) is 0 Å². The fourth-order valence-electron chi connectivity index (χ4n) is 0.943. The van der Waals surface area contributed by atoms with Crippen LogP contribution in [-0.2, 0) is 4.79 Å². The number of alkyl halides is 1. The van der Waals surface area contributed by atoms with Crippen molar-refractivity contribution in [1.82, 2.24) is 10.6 Å². The summed E-state index contributed by atoms with van der Waals surface area (Å²) in [5, 5.41) is 4.62. The highest BCUT2D eigenvalue weighted by atomic mass is 35.5. The fraction of sp³-hybridized carbons (Fsp3) is 0.667. The minimum atomic E-state index is -0.408. The zero-order valence-electron chi connectivity index (χ0n) is 5.89. The van der Waals surface area contributed by atoms with Crippen LogP contribution in [-0.4, -0.2) is 23.9 Å². The number of urea groups is 1. The smallest absolute Gasteiger partial charge is 0.322 e. The molecule has 5 heteroatoms. The van der Waals surface area contributed by atoms with Gasteiger partial charge in [-0.2, -0.15) is 0 Å². The molecule has 1 heterocycles. The number of hydrogen-bond donors (Lipinski definition) is 2. The van der Waals surface area contributed by atoms with Crippen molar-refractivity contribution >= 4 is 23.5 Å². The van der Waals surface area contributed by atoms with Gasteiger partial charge in [0.1, 0.15) is 6.04 Å². The molecule has 1 atom stereocenters. The van der Waals surface area contributed by atoms with Gasteiger partial charge in [-0.3, -0.25) is 10.1 Å². The van der Waals surface area contributed by atoms with E-state index in [0.717, 1.165) is 6.42 Å². The van der Waals surface area contributed by atoms with Gasteiger partial charge in [-0.15, -0.1) is 11.6 Å². The Morgan fingerprint density at radius 3 is 2.64 bits per heavy atom. The number of halogens is 1. The van der Waals surface area contributed by atoms with Crippen LogP contribution >= 0.6 is 11.6 Å². The predicted molar refractivity (Wildman–Crippen MR) is 40.4 cm³/mol. The first-order valence-electron chi connectivity index (χ1n) is 3.41. The van der Waals surface area contributed by atoms with Gasteiger partial charge in [-0.25, -0.2) is 4.79 Å². The Hall–Kier alpha value is -0.770. The lowest BCUT2D eigenvalue weighted by molar-refractivity contribution is -0.120. The second kappa shape index (κ2) is 3.57. The molecule has 0 bridgehead atoms. The number of hydrogen-bond acceptors (Lipinski definition) is 2.